The van der Waals surface area contributed by atoms with Crippen LogP contribution in [-0.4, -0.2) is 64.3 Å². The second-order valence-corrected chi connectivity index (χ2v) is 12.7. The molecule has 5 N–H and O–H groups in total. The predicted octanol–water partition coefficient (Wildman–Crippen LogP) is 5.66. The fourth-order valence-electron chi connectivity index (χ4n) is 6.08. The van der Waals surface area contributed by atoms with Gasteiger partial charge < -0.3 is 40.3 Å². The average Bonchev–Trinajstić information content (AvgIpc) is 3.09. The molecule has 1 fully saturated rings. The minimum Gasteiger partial charge on any atom is -0.508 e. The molecule has 10 nitrogen and oxygen atoms in total. The van der Waals surface area contributed by atoms with Crippen molar-refractivity contribution >= 4 is 17.5 Å². The van der Waals surface area contributed by atoms with Crippen LogP contribution in [0.5, 0.6) is 5.75 Å². The molecule has 1 aliphatic rings. The number of likely N-dealkylation sites (N-methyl/N-ethyl adjacent to an activating group) is 1. The summed E-state index contributed by atoms with van der Waals surface area (Å²) in [5.41, 5.74) is 4.50. The molecule has 1 saturated heterocycles. The third-order valence-electron chi connectivity index (χ3n) is 8.85. The Hall–Kier alpha value is -4.58. The first-order chi connectivity index (χ1) is 23.6. The number of benzene rings is 4. The van der Waals surface area contributed by atoms with Crippen LogP contribution in [0, 0.1) is 5.92 Å². The van der Waals surface area contributed by atoms with Gasteiger partial charge in [0.05, 0.1) is 31.0 Å². The number of ketones is 1. The number of Topliss-reactive ketones (excluding diaryl/α,β-unsaturated/α-hetero) is 1. The van der Waals surface area contributed by atoms with Crippen LogP contribution in [0.3, 0.4) is 0 Å². The van der Waals surface area contributed by atoms with E-state index in [1.807, 2.05) is 72.6 Å². The molecule has 5 rings (SSSR count). The highest BCUT2D eigenvalue weighted by Crippen LogP contribution is 2.42. The van der Waals surface area contributed by atoms with Gasteiger partial charge in [-0.15, -0.1) is 0 Å². The minimum atomic E-state index is -0.811. The molecule has 0 aromatic heterocycles. The summed E-state index contributed by atoms with van der Waals surface area (Å²) < 4.78 is 13.2. The van der Waals surface area contributed by atoms with Crippen LogP contribution < -0.4 is 10.6 Å². The molecule has 0 radical (unpaired) electrons. The van der Waals surface area contributed by atoms with Gasteiger partial charge in [-0.3, -0.25) is 4.79 Å². The number of ether oxygens (including phenoxy) is 2. The first kappa shape index (κ1) is 35.7. The van der Waals surface area contributed by atoms with Crippen molar-refractivity contribution in [3.05, 3.63) is 131 Å². The maximum absolute atomic E-state index is 13.0. The number of aliphatic hydroxyl groups is 2. The molecule has 4 aromatic carbocycles. The molecule has 0 saturated carbocycles. The molecule has 6 atom stereocenters. The summed E-state index contributed by atoms with van der Waals surface area (Å²) in [6, 6.07) is 29.8. The third kappa shape index (κ3) is 9.75. The molecule has 1 heterocycles. The molecule has 6 unspecified atom stereocenters. The normalized spacial score (nSPS) is 20.4. The molecule has 0 spiro atoms. The Morgan fingerprint density at radius 1 is 0.878 bits per heavy atom. The number of aliphatic hydroxyl groups excluding tert-OH is 2. The van der Waals surface area contributed by atoms with Crippen molar-refractivity contribution in [2.45, 2.75) is 57.5 Å². The molecule has 4 aromatic rings. The topological polar surface area (TPSA) is 141 Å². The molecular formula is C39H45N3O7. The van der Waals surface area contributed by atoms with E-state index in [0.29, 0.717) is 36.3 Å². The number of hydrogen-bond acceptors (Lipinski definition) is 8. The summed E-state index contributed by atoms with van der Waals surface area (Å²) in [7, 11) is 1.91. The first-order valence-corrected chi connectivity index (χ1v) is 16.5. The van der Waals surface area contributed by atoms with E-state index in [9.17, 15) is 24.9 Å². The largest absolute Gasteiger partial charge is 0.508 e. The van der Waals surface area contributed by atoms with E-state index in [1.54, 1.807) is 42.5 Å². The minimum absolute atomic E-state index is 0.0607. The lowest BCUT2D eigenvalue weighted by Crippen LogP contribution is -2.44. The smallest absolute Gasteiger partial charge is 0.319 e. The Balaban J connectivity index is 1.31. The number of phenolic OH excluding ortho intramolecular Hbond substituents is 1. The fourth-order valence-corrected chi connectivity index (χ4v) is 6.08. The molecule has 49 heavy (non-hydrogen) atoms. The second kappa shape index (κ2) is 16.7. The predicted molar refractivity (Wildman–Crippen MR) is 187 cm³/mol. The zero-order chi connectivity index (χ0) is 34.9. The standard InChI is InChI=1S/C39H45N3O7/c1-25-36(23-42(3)22-35(46)30-11-8-14-33(45)21-30)48-38(49-37(25)29-17-15-28(24-43)16-18-29)31-12-7-13-32(20-31)40-39(47)41-34(26(2)44)19-27-9-5-4-6-10-27/h4-18,20-21,25,34-38,43,45-46H,19,22-24H2,1-3H3,(H2,40,41,47). The van der Waals surface area contributed by atoms with Gasteiger partial charge in [-0.25, -0.2) is 4.79 Å². The number of aromatic hydroxyl groups is 1. The van der Waals surface area contributed by atoms with Crippen LogP contribution in [0.4, 0.5) is 10.5 Å². The fraction of sp³-hybridized carbons (Fsp3) is 0.333. The third-order valence-corrected chi connectivity index (χ3v) is 8.85. The Labute approximate surface area is 287 Å². The van der Waals surface area contributed by atoms with Crippen LogP contribution in [0.1, 0.15) is 60.2 Å². The lowest BCUT2D eigenvalue weighted by Gasteiger charge is -2.42. The number of nitrogens with zero attached hydrogens (tertiary/aromatic N) is 1. The monoisotopic (exact) mass is 667 g/mol. The number of rotatable bonds is 13. The van der Waals surface area contributed by atoms with Crippen molar-refractivity contribution in [2.24, 2.45) is 5.92 Å². The van der Waals surface area contributed by atoms with Crippen LogP contribution in [0.25, 0.3) is 0 Å². The summed E-state index contributed by atoms with van der Waals surface area (Å²) in [5.74, 6) is -0.135. The summed E-state index contributed by atoms with van der Waals surface area (Å²) >= 11 is 0. The maximum Gasteiger partial charge on any atom is 0.319 e. The zero-order valence-corrected chi connectivity index (χ0v) is 28.0. The van der Waals surface area contributed by atoms with Crippen molar-refractivity contribution < 1.29 is 34.4 Å². The van der Waals surface area contributed by atoms with E-state index >= 15 is 0 Å². The summed E-state index contributed by atoms with van der Waals surface area (Å²) in [4.78, 5) is 27.4. The van der Waals surface area contributed by atoms with E-state index in [4.69, 9.17) is 9.47 Å². The highest BCUT2D eigenvalue weighted by Gasteiger charge is 2.39. The quantitative estimate of drug-likeness (QED) is 0.123. The molecule has 10 heteroatoms. The number of nitrogens with one attached hydrogen (secondary N) is 2. The SMILES string of the molecule is CC(=O)C(Cc1ccccc1)NC(=O)Nc1cccc(C2OC(CN(C)CC(O)c3cccc(O)c3)C(C)C(c3ccc(CO)cc3)O2)c1. The van der Waals surface area contributed by atoms with Gasteiger partial charge in [0.25, 0.3) is 0 Å². The van der Waals surface area contributed by atoms with E-state index in [1.165, 1.54) is 6.92 Å². The number of carbonyl (C=O) groups is 2. The average molecular weight is 668 g/mol. The van der Waals surface area contributed by atoms with Crippen molar-refractivity contribution in [1.82, 2.24) is 10.2 Å². The van der Waals surface area contributed by atoms with Crippen LogP contribution >= 0.6 is 0 Å². The second-order valence-electron chi connectivity index (χ2n) is 12.7. The van der Waals surface area contributed by atoms with Crippen molar-refractivity contribution in [1.29, 1.82) is 0 Å². The van der Waals surface area contributed by atoms with Gasteiger partial charge in [-0.05, 0) is 66.9 Å². The van der Waals surface area contributed by atoms with E-state index in [-0.39, 0.29) is 36.3 Å². The van der Waals surface area contributed by atoms with Gasteiger partial charge in [0, 0.05) is 30.3 Å². The summed E-state index contributed by atoms with van der Waals surface area (Å²) in [5, 5.41) is 36.0. The van der Waals surface area contributed by atoms with Crippen molar-refractivity contribution in [2.75, 3.05) is 25.5 Å². The lowest BCUT2D eigenvalue weighted by molar-refractivity contribution is -0.276. The van der Waals surface area contributed by atoms with Crippen LogP contribution in [0.2, 0.25) is 0 Å². The van der Waals surface area contributed by atoms with E-state index in [2.05, 4.69) is 17.6 Å². The van der Waals surface area contributed by atoms with Gasteiger partial charge in [0.15, 0.2) is 12.1 Å². The maximum atomic E-state index is 13.0. The summed E-state index contributed by atoms with van der Waals surface area (Å²) in [6.45, 7) is 4.26. The molecule has 258 valence electrons. The highest BCUT2D eigenvalue weighted by molar-refractivity contribution is 5.93. The zero-order valence-electron chi connectivity index (χ0n) is 28.0. The molecule has 1 aliphatic heterocycles. The van der Waals surface area contributed by atoms with Gasteiger partial charge in [0.1, 0.15) is 5.75 Å². The van der Waals surface area contributed by atoms with Gasteiger partial charge in [-0.1, -0.05) is 85.8 Å². The Morgan fingerprint density at radius 2 is 1.61 bits per heavy atom. The number of phenols is 1. The number of amides is 2. The van der Waals surface area contributed by atoms with Crippen molar-refractivity contribution in [3.8, 4) is 5.75 Å². The summed E-state index contributed by atoms with van der Waals surface area (Å²) in [6.07, 6.45) is -1.87. The van der Waals surface area contributed by atoms with Crippen LogP contribution in [0.15, 0.2) is 103 Å². The molecular weight excluding hydrogens is 622 g/mol. The van der Waals surface area contributed by atoms with Crippen molar-refractivity contribution in [3.63, 3.8) is 0 Å². The number of carbonyl (C=O) groups excluding carboxylic acids is 2. The Bertz CT molecular complexity index is 1680. The van der Waals surface area contributed by atoms with E-state index in [0.717, 1.165) is 16.7 Å². The Kier molecular flexibility index (Phi) is 12.2. The van der Waals surface area contributed by atoms with Gasteiger partial charge in [0.2, 0.25) is 0 Å². The number of hydrogen-bond donors (Lipinski definition) is 5. The first-order valence-electron chi connectivity index (χ1n) is 16.5. The lowest BCUT2D eigenvalue weighted by atomic mass is 9.90. The Morgan fingerprint density at radius 3 is 2.31 bits per heavy atom. The van der Waals surface area contributed by atoms with Crippen LogP contribution in [-0.2, 0) is 27.3 Å². The highest BCUT2D eigenvalue weighted by atomic mass is 16.7. The van der Waals surface area contributed by atoms with E-state index < -0.39 is 24.5 Å². The molecule has 2 amide bonds. The van der Waals surface area contributed by atoms with Gasteiger partial charge >= 0.3 is 6.03 Å². The number of urea groups is 1. The van der Waals surface area contributed by atoms with Gasteiger partial charge in [-0.2, -0.15) is 0 Å². The number of anilines is 1. The molecule has 0 aliphatic carbocycles. The molecule has 0 bridgehead atoms.